The minimum absolute atomic E-state index is 0.150. The molecule has 0 unspecified atom stereocenters. The molecule has 6 nitrogen and oxygen atoms in total. The molecule has 1 heterocycles. The number of hydrogen-bond donors (Lipinski definition) is 1. The van der Waals surface area contributed by atoms with Crippen LogP contribution in [0.15, 0.2) is 24.3 Å². The number of amides is 2. The smallest absolute Gasteiger partial charge is 0.292 e. The second kappa shape index (κ2) is 7.19. The van der Waals surface area contributed by atoms with Gasteiger partial charge in [0.1, 0.15) is 5.75 Å². The molecule has 1 aromatic carbocycles. The molecule has 1 atom stereocenters. The van der Waals surface area contributed by atoms with Crippen LogP contribution in [0.1, 0.15) is 12.8 Å². The van der Waals surface area contributed by atoms with E-state index in [0.717, 1.165) is 13.0 Å². The molecule has 1 fully saturated rings. The van der Waals surface area contributed by atoms with Crippen LogP contribution >= 0.6 is 0 Å². The number of quaternary nitrogens is 1. The molecular formula is C15H21N2O4+. The van der Waals surface area contributed by atoms with Crippen LogP contribution in [0.3, 0.4) is 0 Å². The third kappa shape index (κ3) is 3.59. The zero-order valence-electron chi connectivity index (χ0n) is 12.4. The standard InChI is InChI=1S/C15H20N2O4/c1-20-9-3-8-16-13-10-14(18)17(15(13)19)11-4-6-12(21-2)7-5-11/h4-7,13,16H,3,8-10H2,1-2H3/p+1/t13-/m1/s1. The van der Waals surface area contributed by atoms with Crippen molar-refractivity contribution in [1.29, 1.82) is 0 Å². The topological polar surface area (TPSA) is 72.4 Å². The van der Waals surface area contributed by atoms with E-state index in [9.17, 15) is 9.59 Å². The molecule has 114 valence electrons. The highest BCUT2D eigenvalue weighted by atomic mass is 16.5. The van der Waals surface area contributed by atoms with Gasteiger partial charge in [-0.2, -0.15) is 0 Å². The van der Waals surface area contributed by atoms with Crippen molar-refractivity contribution in [2.45, 2.75) is 18.9 Å². The lowest BCUT2D eigenvalue weighted by molar-refractivity contribution is -0.675. The van der Waals surface area contributed by atoms with Gasteiger partial charge in [0.25, 0.3) is 5.91 Å². The lowest BCUT2D eigenvalue weighted by Gasteiger charge is -2.14. The second-order valence-electron chi connectivity index (χ2n) is 4.95. The van der Waals surface area contributed by atoms with E-state index < -0.39 is 0 Å². The summed E-state index contributed by atoms with van der Waals surface area (Å²) in [6.45, 7) is 1.43. The lowest BCUT2D eigenvalue weighted by atomic mass is 10.2. The summed E-state index contributed by atoms with van der Waals surface area (Å²) in [5.41, 5.74) is 0.596. The number of rotatable bonds is 7. The Balaban J connectivity index is 2.00. The van der Waals surface area contributed by atoms with Crippen LogP contribution in [-0.4, -0.2) is 45.2 Å². The van der Waals surface area contributed by atoms with E-state index in [1.807, 2.05) is 5.32 Å². The summed E-state index contributed by atoms with van der Waals surface area (Å²) in [6.07, 6.45) is 1.11. The van der Waals surface area contributed by atoms with Gasteiger partial charge in [-0.05, 0) is 24.3 Å². The van der Waals surface area contributed by atoms with Crippen LogP contribution < -0.4 is 15.0 Å². The molecule has 0 radical (unpaired) electrons. The molecule has 1 aromatic rings. The number of carbonyl (C=O) groups excluding carboxylic acids is 2. The van der Waals surface area contributed by atoms with Crippen molar-refractivity contribution < 1.29 is 24.4 Å². The predicted octanol–water partition coefficient (Wildman–Crippen LogP) is -0.0730. The minimum atomic E-state index is -0.323. The minimum Gasteiger partial charge on any atom is -0.497 e. The quantitative estimate of drug-likeness (QED) is 0.564. The van der Waals surface area contributed by atoms with E-state index in [1.54, 1.807) is 38.5 Å². The Morgan fingerprint density at radius 1 is 1.24 bits per heavy atom. The summed E-state index contributed by atoms with van der Waals surface area (Å²) in [5, 5.41) is 1.92. The zero-order chi connectivity index (χ0) is 15.2. The molecule has 0 aromatic heterocycles. The Labute approximate surface area is 124 Å². The monoisotopic (exact) mass is 293 g/mol. The number of benzene rings is 1. The molecule has 1 aliphatic rings. The van der Waals surface area contributed by atoms with E-state index in [0.29, 0.717) is 18.0 Å². The summed E-state index contributed by atoms with van der Waals surface area (Å²) in [5.74, 6) is 0.390. The van der Waals surface area contributed by atoms with Gasteiger partial charge in [0, 0.05) is 13.5 Å². The van der Waals surface area contributed by atoms with Gasteiger partial charge in [0.05, 0.1) is 32.4 Å². The van der Waals surface area contributed by atoms with Crippen molar-refractivity contribution in [3.05, 3.63) is 24.3 Å². The molecule has 1 saturated heterocycles. The van der Waals surface area contributed by atoms with E-state index >= 15 is 0 Å². The first-order valence-electron chi connectivity index (χ1n) is 7.00. The number of methoxy groups -OCH3 is 2. The number of hydrogen-bond acceptors (Lipinski definition) is 4. The van der Waals surface area contributed by atoms with Gasteiger partial charge in [-0.15, -0.1) is 0 Å². The number of carbonyl (C=O) groups is 2. The summed E-state index contributed by atoms with van der Waals surface area (Å²) < 4.78 is 10.0. The van der Waals surface area contributed by atoms with Crippen molar-refractivity contribution in [3.8, 4) is 5.75 Å². The van der Waals surface area contributed by atoms with E-state index in [1.165, 1.54) is 4.90 Å². The molecular weight excluding hydrogens is 272 g/mol. The maximum atomic E-state index is 12.3. The summed E-state index contributed by atoms with van der Waals surface area (Å²) >= 11 is 0. The molecule has 2 N–H and O–H groups in total. The van der Waals surface area contributed by atoms with Gasteiger partial charge in [0.2, 0.25) is 5.91 Å². The summed E-state index contributed by atoms with van der Waals surface area (Å²) in [4.78, 5) is 25.7. The number of nitrogens with two attached hydrogens (primary N) is 1. The predicted molar refractivity (Wildman–Crippen MR) is 77.2 cm³/mol. The van der Waals surface area contributed by atoms with Crippen molar-refractivity contribution in [3.63, 3.8) is 0 Å². The van der Waals surface area contributed by atoms with E-state index in [-0.39, 0.29) is 24.3 Å². The van der Waals surface area contributed by atoms with Gasteiger partial charge in [-0.25, -0.2) is 4.90 Å². The van der Waals surface area contributed by atoms with Gasteiger partial charge in [0.15, 0.2) is 6.04 Å². The molecule has 0 aliphatic carbocycles. The number of anilines is 1. The fourth-order valence-corrected chi connectivity index (χ4v) is 2.39. The van der Waals surface area contributed by atoms with Gasteiger partial charge in [-0.3, -0.25) is 9.59 Å². The van der Waals surface area contributed by atoms with Gasteiger partial charge in [-0.1, -0.05) is 0 Å². The number of imide groups is 1. The Hall–Kier alpha value is -1.92. The van der Waals surface area contributed by atoms with Crippen molar-refractivity contribution >= 4 is 17.5 Å². The highest BCUT2D eigenvalue weighted by molar-refractivity contribution is 6.21. The molecule has 6 heteroatoms. The lowest BCUT2D eigenvalue weighted by Crippen LogP contribution is -2.91. The van der Waals surface area contributed by atoms with Crippen LogP contribution in [0.2, 0.25) is 0 Å². The Kier molecular flexibility index (Phi) is 5.30. The van der Waals surface area contributed by atoms with Crippen LogP contribution in [0.5, 0.6) is 5.75 Å². The van der Waals surface area contributed by atoms with Crippen molar-refractivity contribution in [2.75, 3.05) is 32.3 Å². The molecule has 2 amide bonds. The molecule has 1 aliphatic heterocycles. The normalized spacial score (nSPS) is 18.4. The molecule has 0 spiro atoms. The number of ether oxygens (including phenoxy) is 2. The van der Waals surface area contributed by atoms with Crippen LogP contribution in [-0.2, 0) is 14.3 Å². The van der Waals surface area contributed by atoms with Gasteiger partial charge >= 0.3 is 0 Å². The fraction of sp³-hybridized carbons (Fsp3) is 0.467. The van der Waals surface area contributed by atoms with Crippen molar-refractivity contribution in [2.24, 2.45) is 0 Å². The first kappa shape index (κ1) is 15.5. The third-order valence-electron chi connectivity index (χ3n) is 3.52. The molecule has 21 heavy (non-hydrogen) atoms. The maximum Gasteiger partial charge on any atom is 0.292 e. The molecule has 2 rings (SSSR count). The highest BCUT2D eigenvalue weighted by Gasteiger charge is 2.41. The SMILES string of the molecule is COCCC[NH2+][C@@H]1CC(=O)N(c2ccc(OC)cc2)C1=O. The van der Waals surface area contributed by atoms with Crippen LogP contribution in [0.25, 0.3) is 0 Å². The summed E-state index contributed by atoms with van der Waals surface area (Å²) in [6, 6.07) is 6.61. The van der Waals surface area contributed by atoms with E-state index in [4.69, 9.17) is 9.47 Å². The average molecular weight is 293 g/mol. The van der Waals surface area contributed by atoms with Crippen LogP contribution in [0.4, 0.5) is 5.69 Å². The largest absolute Gasteiger partial charge is 0.497 e. The number of nitrogens with zero attached hydrogens (tertiary/aromatic N) is 1. The van der Waals surface area contributed by atoms with Crippen molar-refractivity contribution in [1.82, 2.24) is 0 Å². The zero-order valence-corrected chi connectivity index (χ0v) is 12.4. The second-order valence-corrected chi connectivity index (χ2v) is 4.95. The molecule has 0 saturated carbocycles. The van der Waals surface area contributed by atoms with E-state index in [2.05, 4.69) is 0 Å². The average Bonchev–Trinajstić information content (AvgIpc) is 2.78. The first-order chi connectivity index (χ1) is 10.2. The Morgan fingerprint density at radius 2 is 1.95 bits per heavy atom. The van der Waals surface area contributed by atoms with Gasteiger partial charge < -0.3 is 14.8 Å². The Bertz CT molecular complexity index is 501. The highest BCUT2D eigenvalue weighted by Crippen LogP contribution is 2.24. The Morgan fingerprint density at radius 3 is 2.57 bits per heavy atom. The maximum absolute atomic E-state index is 12.3. The fourth-order valence-electron chi connectivity index (χ4n) is 2.39. The molecule has 0 bridgehead atoms. The third-order valence-corrected chi connectivity index (χ3v) is 3.52. The van der Waals surface area contributed by atoms with Crippen LogP contribution in [0, 0.1) is 0 Å². The first-order valence-corrected chi connectivity index (χ1v) is 7.00. The summed E-state index contributed by atoms with van der Waals surface area (Å²) in [7, 11) is 3.22.